The van der Waals surface area contributed by atoms with E-state index in [1.165, 1.54) is 19.5 Å². The van der Waals surface area contributed by atoms with Crippen molar-refractivity contribution >= 4 is 17.5 Å². The average molecular weight is 267 g/mol. The van der Waals surface area contributed by atoms with Crippen molar-refractivity contribution in [3.63, 3.8) is 0 Å². The van der Waals surface area contributed by atoms with Crippen LogP contribution >= 0.6 is 0 Å². The van der Waals surface area contributed by atoms with E-state index in [1.807, 2.05) is 0 Å². The summed E-state index contributed by atoms with van der Waals surface area (Å²) in [7, 11) is 1.54. The molecule has 19 heavy (non-hydrogen) atoms. The summed E-state index contributed by atoms with van der Waals surface area (Å²) in [6.45, 7) is 0.693. The molecule has 1 aromatic heterocycles. The van der Waals surface area contributed by atoms with Crippen LogP contribution in [0.15, 0.2) is 18.5 Å². The van der Waals surface area contributed by atoms with Crippen LogP contribution in [0.5, 0.6) is 0 Å². The summed E-state index contributed by atoms with van der Waals surface area (Å²) in [5.74, 6) is 4.55. The first kappa shape index (κ1) is 14.9. The maximum absolute atomic E-state index is 11.8. The molecule has 0 unspecified atom stereocenters. The Kier molecular flexibility index (Phi) is 6.27. The van der Waals surface area contributed by atoms with Gasteiger partial charge in [-0.3, -0.25) is 20.4 Å². The topological polar surface area (TPSA) is 118 Å². The summed E-state index contributed by atoms with van der Waals surface area (Å²) in [5.41, 5.74) is 3.10. The molecule has 0 saturated heterocycles. The third kappa shape index (κ3) is 4.90. The molecule has 0 spiro atoms. The molecule has 0 aromatic carbocycles. The smallest absolute Gasteiger partial charge is 0.255 e. The zero-order chi connectivity index (χ0) is 14.1. The van der Waals surface area contributed by atoms with Crippen LogP contribution in [-0.4, -0.2) is 43.6 Å². The van der Waals surface area contributed by atoms with Gasteiger partial charge in [-0.15, -0.1) is 0 Å². The van der Waals surface area contributed by atoms with Crippen LogP contribution in [0.3, 0.4) is 0 Å². The first-order valence-electron chi connectivity index (χ1n) is 5.63. The zero-order valence-electron chi connectivity index (χ0n) is 10.6. The minimum absolute atomic E-state index is 0.124. The van der Waals surface area contributed by atoms with Gasteiger partial charge in [-0.25, -0.2) is 0 Å². The second kappa shape index (κ2) is 8.01. The number of nitrogens with two attached hydrogens (primary N) is 1. The van der Waals surface area contributed by atoms with Gasteiger partial charge in [0.25, 0.3) is 5.91 Å². The number of carbonyl (C=O) groups is 2. The van der Waals surface area contributed by atoms with Crippen molar-refractivity contribution in [1.82, 2.24) is 15.6 Å². The quantitative estimate of drug-likeness (QED) is 0.282. The van der Waals surface area contributed by atoms with E-state index in [9.17, 15) is 9.59 Å². The molecule has 5 N–H and O–H groups in total. The maximum atomic E-state index is 11.8. The Morgan fingerprint density at radius 3 is 2.89 bits per heavy atom. The summed E-state index contributed by atoms with van der Waals surface area (Å²) in [4.78, 5) is 27.0. The van der Waals surface area contributed by atoms with E-state index in [0.29, 0.717) is 18.8 Å². The maximum Gasteiger partial charge on any atom is 0.255 e. The summed E-state index contributed by atoms with van der Waals surface area (Å²) >= 11 is 0. The number of ether oxygens (including phenoxy) is 1. The molecule has 8 heteroatoms. The Hall–Kier alpha value is -2.19. The fourth-order valence-corrected chi connectivity index (χ4v) is 1.31. The van der Waals surface area contributed by atoms with Crippen LogP contribution in [0.1, 0.15) is 10.4 Å². The number of hydrazine groups is 1. The Morgan fingerprint density at radius 1 is 1.42 bits per heavy atom. The third-order valence-electron chi connectivity index (χ3n) is 2.26. The second-order valence-electron chi connectivity index (χ2n) is 3.59. The van der Waals surface area contributed by atoms with Crippen molar-refractivity contribution in [1.29, 1.82) is 0 Å². The number of anilines is 1. The van der Waals surface area contributed by atoms with Gasteiger partial charge < -0.3 is 20.8 Å². The van der Waals surface area contributed by atoms with E-state index in [4.69, 9.17) is 10.6 Å². The fourth-order valence-electron chi connectivity index (χ4n) is 1.31. The van der Waals surface area contributed by atoms with E-state index in [-0.39, 0.29) is 18.0 Å². The molecular weight excluding hydrogens is 250 g/mol. The second-order valence-corrected chi connectivity index (χ2v) is 3.59. The first-order chi connectivity index (χ1) is 9.19. The lowest BCUT2D eigenvalue weighted by Crippen LogP contribution is -2.38. The molecular formula is C11H17N5O3. The van der Waals surface area contributed by atoms with Crippen LogP contribution in [0.25, 0.3) is 0 Å². The van der Waals surface area contributed by atoms with Crippen LogP contribution < -0.4 is 21.9 Å². The predicted octanol–water partition coefficient (Wildman–Crippen LogP) is -1.14. The van der Waals surface area contributed by atoms with Gasteiger partial charge in [0.2, 0.25) is 5.91 Å². The van der Waals surface area contributed by atoms with Gasteiger partial charge in [0.05, 0.1) is 24.4 Å². The number of carbonyl (C=O) groups excluding carboxylic acids is 2. The summed E-state index contributed by atoms with van der Waals surface area (Å²) in [6, 6.07) is 1.56. The highest BCUT2D eigenvalue weighted by Crippen LogP contribution is 2.10. The monoisotopic (exact) mass is 267 g/mol. The van der Waals surface area contributed by atoms with Gasteiger partial charge in [0.15, 0.2) is 0 Å². The number of rotatable bonds is 7. The molecule has 0 aliphatic heterocycles. The molecule has 0 atom stereocenters. The number of nitrogen functional groups attached to an aromatic ring is 1. The minimum Gasteiger partial charge on any atom is -0.383 e. The standard InChI is InChI=1S/C11H17N5O3/c1-19-5-4-14-10(17)7-15-11(18)8-6-13-3-2-9(8)16-12/h2-3,6H,4-5,7,12H2,1H3,(H,13,16)(H,14,17)(H,15,18). The lowest BCUT2D eigenvalue weighted by Gasteiger charge is -2.09. The summed E-state index contributed by atoms with van der Waals surface area (Å²) in [5, 5.41) is 5.06. The zero-order valence-corrected chi connectivity index (χ0v) is 10.6. The van der Waals surface area contributed by atoms with Crippen LogP contribution in [0, 0.1) is 0 Å². The van der Waals surface area contributed by atoms with Crippen LogP contribution in [0.4, 0.5) is 5.69 Å². The van der Waals surface area contributed by atoms with E-state index < -0.39 is 5.91 Å². The Balaban J connectivity index is 2.44. The number of hydrogen-bond acceptors (Lipinski definition) is 6. The largest absolute Gasteiger partial charge is 0.383 e. The Bertz CT molecular complexity index is 438. The van der Waals surface area contributed by atoms with Gasteiger partial charge in [-0.2, -0.15) is 0 Å². The van der Waals surface area contributed by atoms with Crippen LogP contribution in [-0.2, 0) is 9.53 Å². The van der Waals surface area contributed by atoms with E-state index >= 15 is 0 Å². The predicted molar refractivity (Wildman–Crippen MR) is 69.3 cm³/mol. The third-order valence-corrected chi connectivity index (χ3v) is 2.26. The van der Waals surface area contributed by atoms with Crippen molar-refractivity contribution in [3.05, 3.63) is 24.0 Å². The van der Waals surface area contributed by atoms with Gasteiger partial charge >= 0.3 is 0 Å². The summed E-state index contributed by atoms with van der Waals surface area (Å²) in [6.07, 6.45) is 2.87. The molecule has 8 nitrogen and oxygen atoms in total. The van der Waals surface area contributed by atoms with Crippen molar-refractivity contribution in [2.45, 2.75) is 0 Å². The van der Waals surface area contributed by atoms with E-state index in [1.54, 1.807) is 6.07 Å². The number of hydrogen-bond donors (Lipinski definition) is 4. The molecule has 1 aromatic rings. The number of nitrogens with one attached hydrogen (secondary N) is 3. The molecule has 0 radical (unpaired) electrons. The van der Waals surface area contributed by atoms with Crippen molar-refractivity contribution in [3.8, 4) is 0 Å². The number of amides is 2. The molecule has 0 bridgehead atoms. The molecule has 0 aliphatic carbocycles. The number of nitrogens with zero attached hydrogens (tertiary/aromatic N) is 1. The highest BCUT2D eigenvalue weighted by molar-refractivity contribution is 6.00. The molecule has 1 rings (SSSR count). The Morgan fingerprint density at radius 2 is 2.21 bits per heavy atom. The Labute approximate surface area is 110 Å². The highest BCUT2D eigenvalue weighted by Gasteiger charge is 2.11. The number of methoxy groups -OCH3 is 1. The van der Waals surface area contributed by atoms with E-state index in [0.717, 1.165) is 0 Å². The van der Waals surface area contributed by atoms with Gasteiger partial charge in [-0.05, 0) is 6.07 Å². The molecule has 104 valence electrons. The minimum atomic E-state index is -0.428. The lowest BCUT2D eigenvalue weighted by molar-refractivity contribution is -0.120. The first-order valence-corrected chi connectivity index (χ1v) is 5.63. The SMILES string of the molecule is COCCNC(=O)CNC(=O)c1cnccc1NN. The number of pyridine rings is 1. The van der Waals surface area contributed by atoms with Crippen molar-refractivity contribution < 1.29 is 14.3 Å². The average Bonchev–Trinajstić information content (AvgIpc) is 2.45. The van der Waals surface area contributed by atoms with Gasteiger partial charge in [0, 0.05) is 26.0 Å². The molecule has 0 aliphatic rings. The van der Waals surface area contributed by atoms with Crippen LogP contribution in [0.2, 0.25) is 0 Å². The molecule has 1 heterocycles. The fraction of sp³-hybridized carbons (Fsp3) is 0.364. The lowest BCUT2D eigenvalue weighted by atomic mass is 10.2. The van der Waals surface area contributed by atoms with Crippen molar-refractivity contribution in [2.24, 2.45) is 5.84 Å². The van der Waals surface area contributed by atoms with E-state index in [2.05, 4.69) is 21.0 Å². The number of aromatic nitrogens is 1. The molecule has 0 saturated carbocycles. The molecule has 0 fully saturated rings. The van der Waals surface area contributed by atoms with Crippen molar-refractivity contribution in [2.75, 3.05) is 32.2 Å². The van der Waals surface area contributed by atoms with Gasteiger partial charge in [0.1, 0.15) is 0 Å². The normalized spacial score (nSPS) is 9.79. The summed E-state index contributed by atoms with van der Waals surface area (Å²) < 4.78 is 4.78. The highest BCUT2D eigenvalue weighted by atomic mass is 16.5. The van der Waals surface area contributed by atoms with Gasteiger partial charge in [-0.1, -0.05) is 0 Å². The molecule has 2 amide bonds.